The summed E-state index contributed by atoms with van der Waals surface area (Å²) in [6.45, 7) is 1.79. The molecule has 6 rings (SSSR count). The molecule has 1 aliphatic rings. The number of ether oxygens (including phenoxy) is 1. The molecule has 0 atom stereocenters. The molecule has 0 spiro atoms. The highest BCUT2D eigenvalue weighted by Gasteiger charge is 2.22. The Morgan fingerprint density at radius 1 is 1.27 bits per heavy atom. The summed E-state index contributed by atoms with van der Waals surface area (Å²) in [7, 11) is 0. The fourth-order valence-electron chi connectivity index (χ4n) is 4.25. The number of carbonyl (C=O) groups excluding carboxylic acids is 1. The molecule has 0 saturated carbocycles. The molecule has 5 aromatic rings. The van der Waals surface area contributed by atoms with E-state index in [1.807, 2.05) is 25.1 Å². The normalized spacial score (nSPS) is 13.2. The van der Waals surface area contributed by atoms with Crippen molar-refractivity contribution in [3.63, 3.8) is 0 Å². The Morgan fingerprint density at radius 3 is 2.97 bits per heavy atom. The minimum absolute atomic E-state index is 0.101. The van der Waals surface area contributed by atoms with Gasteiger partial charge in [0.05, 0.1) is 21.8 Å². The second-order valence-electron chi connectivity index (χ2n) is 7.90. The lowest BCUT2D eigenvalue weighted by atomic mass is 10.2. The number of nitrogens with zero attached hydrogens (tertiary/aromatic N) is 3. The first-order valence-electron chi connectivity index (χ1n) is 10.4. The van der Waals surface area contributed by atoms with Gasteiger partial charge in [-0.2, -0.15) is 5.10 Å². The van der Waals surface area contributed by atoms with Crippen LogP contribution in [-0.4, -0.2) is 25.7 Å². The summed E-state index contributed by atoms with van der Waals surface area (Å²) in [5.41, 5.74) is 2.50. The van der Waals surface area contributed by atoms with Crippen molar-refractivity contribution < 1.29 is 9.53 Å². The van der Waals surface area contributed by atoms with E-state index in [2.05, 4.69) is 15.1 Å². The number of thiophene rings is 2. The van der Waals surface area contributed by atoms with E-state index in [0.717, 1.165) is 46.4 Å². The number of esters is 1. The molecule has 0 bridgehead atoms. The van der Waals surface area contributed by atoms with Crippen LogP contribution in [0.5, 0.6) is 0 Å². The van der Waals surface area contributed by atoms with Gasteiger partial charge in [0.2, 0.25) is 0 Å². The molecule has 0 fully saturated rings. The Bertz CT molecular complexity index is 1630. The molecule has 1 aromatic carbocycles. The fraction of sp³-hybridized carbons (Fsp3) is 0.217. The quantitative estimate of drug-likeness (QED) is 0.346. The molecule has 0 saturated heterocycles. The van der Waals surface area contributed by atoms with Gasteiger partial charge >= 0.3 is 5.97 Å². The number of aryl methyl sites for hydroxylation is 3. The lowest BCUT2D eigenvalue weighted by molar-refractivity contribution is 0.0468. The van der Waals surface area contributed by atoms with Crippen LogP contribution in [0.25, 0.3) is 26.1 Å². The number of aromatic amines is 1. The number of carbonyl (C=O) groups is 1. The van der Waals surface area contributed by atoms with Crippen LogP contribution < -0.4 is 5.56 Å². The molecule has 1 aliphatic carbocycles. The van der Waals surface area contributed by atoms with Crippen molar-refractivity contribution in [2.75, 3.05) is 0 Å². The predicted octanol–water partition coefficient (Wildman–Crippen LogP) is 5.19. The summed E-state index contributed by atoms with van der Waals surface area (Å²) in [4.78, 5) is 35.9. The number of hydrogen-bond donors (Lipinski definition) is 1. The van der Waals surface area contributed by atoms with Crippen LogP contribution in [0.2, 0.25) is 5.02 Å². The van der Waals surface area contributed by atoms with Crippen LogP contribution in [0, 0.1) is 6.92 Å². The standard InChI is InChI=1S/C23H17ClN4O3S2/c1-11-13-9-17(33-22(13)28(27-11)15-7-3-2-6-14(15)24)23(30)31-10-18-25-20(29)19-12-5-4-8-16(12)32-21(19)26-18/h2-3,6-7,9H,4-5,8,10H2,1H3,(H,25,26,29). The first-order chi connectivity index (χ1) is 16.0. The van der Waals surface area contributed by atoms with E-state index in [-0.39, 0.29) is 12.2 Å². The van der Waals surface area contributed by atoms with Gasteiger partial charge in [-0.05, 0) is 49.9 Å². The maximum Gasteiger partial charge on any atom is 0.348 e. The molecule has 4 heterocycles. The fourth-order valence-corrected chi connectivity index (χ4v) is 6.82. The van der Waals surface area contributed by atoms with Gasteiger partial charge in [0.15, 0.2) is 0 Å². The Morgan fingerprint density at radius 2 is 2.12 bits per heavy atom. The van der Waals surface area contributed by atoms with Crippen LogP contribution in [0.4, 0.5) is 0 Å². The van der Waals surface area contributed by atoms with E-state index < -0.39 is 5.97 Å². The predicted molar refractivity (Wildman–Crippen MR) is 130 cm³/mol. The largest absolute Gasteiger partial charge is 0.453 e. The minimum Gasteiger partial charge on any atom is -0.453 e. The molecule has 1 N–H and O–H groups in total. The monoisotopic (exact) mass is 496 g/mol. The highest BCUT2D eigenvalue weighted by molar-refractivity contribution is 7.20. The number of fused-ring (bicyclic) bond motifs is 4. The third-order valence-corrected chi connectivity index (χ3v) is 8.39. The molecule has 10 heteroatoms. The molecule has 166 valence electrons. The van der Waals surface area contributed by atoms with E-state index in [1.54, 1.807) is 28.2 Å². The topological polar surface area (TPSA) is 89.9 Å². The number of para-hydroxylation sites is 1. The number of aromatic nitrogens is 4. The zero-order valence-corrected chi connectivity index (χ0v) is 19.9. The summed E-state index contributed by atoms with van der Waals surface area (Å²) >= 11 is 9.20. The summed E-state index contributed by atoms with van der Waals surface area (Å²) < 4.78 is 7.24. The second kappa shape index (κ2) is 7.79. The first kappa shape index (κ1) is 20.6. The van der Waals surface area contributed by atoms with Crippen LogP contribution in [-0.2, 0) is 24.2 Å². The lowest BCUT2D eigenvalue weighted by Gasteiger charge is -2.05. The van der Waals surface area contributed by atoms with Crippen LogP contribution >= 0.6 is 34.3 Å². The van der Waals surface area contributed by atoms with Gasteiger partial charge in [0.1, 0.15) is 27.0 Å². The van der Waals surface area contributed by atoms with E-state index in [0.29, 0.717) is 25.9 Å². The first-order valence-corrected chi connectivity index (χ1v) is 12.5. The third kappa shape index (κ3) is 3.38. The SMILES string of the molecule is Cc1nn(-c2ccccc2Cl)c2sc(C(=O)OCc3nc4sc5c(c4c(=O)[nH]3)CCC5)cc12. The van der Waals surface area contributed by atoms with Crippen molar-refractivity contribution in [3.05, 3.63) is 72.5 Å². The van der Waals surface area contributed by atoms with Gasteiger partial charge in [0, 0.05) is 10.3 Å². The number of rotatable bonds is 4. The lowest BCUT2D eigenvalue weighted by Crippen LogP contribution is -2.14. The Hall–Kier alpha value is -3.01. The number of hydrogen-bond acceptors (Lipinski definition) is 7. The molecule has 7 nitrogen and oxygen atoms in total. The molecule has 33 heavy (non-hydrogen) atoms. The number of benzene rings is 1. The zero-order chi connectivity index (χ0) is 22.7. The maximum absolute atomic E-state index is 12.8. The van der Waals surface area contributed by atoms with Gasteiger partial charge in [-0.3, -0.25) is 4.79 Å². The van der Waals surface area contributed by atoms with Crippen molar-refractivity contribution in [2.24, 2.45) is 0 Å². The van der Waals surface area contributed by atoms with Gasteiger partial charge in [0.25, 0.3) is 5.56 Å². The Kier molecular flexibility index (Phi) is 4.86. The van der Waals surface area contributed by atoms with Gasteiger partial charge < -0.3 is 9.72 Å². The molecular weight excluding hydrogens is 480 g/mol. The van der Waals surface area contributed by atoms with Gasteiger partial charge in [-0.25, -0.2) is 14.5 Å². The summed E-state index contributed by atoms with van der Waals surface area (Å²) in [6, 6.07) is 9.21. The zero-order valence-electron chi connectivity index (χ0n) is 17.5. The van der Waals surface area contributed by atoms with Crippen molar-refractivity contribution >= 4 is 60.7 Å². The van der Waals surface area contributed by atoms with Gasteiger partial charge in [-0.15, -0.1) is 22.7 Å². The van der Waals surface area contributed by atoms with E-state index in [1.165, 1.54) is 16.2 Å². The highest BCUT2D eigenvalue weighted by atomic mass is 35.5. The van der Waals surface area contributed by atoms with E-state index >= 15 is 0 Å². The van der Waals surface area contributed by atoms with Crippen molar-refractivity contribution in [2.45, 2.75) is 32.8 Å². The van der Waals surface area contributed by atoms with Crippen molar-refractivity contribution in [3.8, 4) is 5.69 Å². The van der Waals surface area contributed by atoms with Crippen molar-refractivity contribution in [1.82, 2.24) is 19.7 Å². The second-order valence-corrected chi connectivity index (χ2v) is 10.4. The minimum atomic E-state index is -0.474. The Balaban J connectivity index is 1.27. The average molecular weight is 497 g/mol. The van der Waals surface area contributed by atoms with Gasteiger partial charge in [-0.1, -0.05) is 23.7 Å². The smallest absolute Gasteiger partial charge is 0.348 e. The highest BCUT2D eigenvalue weighted by Crippen LogP contribution is 2.35. The molecule has 0 radical (unpaired) electrons. The maximum atomic E-state index is 12.8. The molecule has 0 amide bonds. The van der Waals surface area contributed by atoms with Crippen LogP contribution in [0.15, 0.2) is 35.1 Å². The Labute approximate surface area is 200 Å². The summed E-state index contributed by atoms with van der Waals surface area (Å²) in [5, 5.41) is 6.70. The molecule has 4 aromatic heterocycles. The number of H-pyrrole nitrogens is 1. The van der Waals surface area contributed by atoms with Crippen molar-refractivity contribution in [1.29, 1.82) is 0 Å². The third-order valence-electron chi connectivity index (χ3n) is 5.79. The summed E-state index contributed by atoms with van der Waals surface area (Å²) in [6.07, 6.45) is 3.00. The van der Waals surface area contributed by atoms with Crippen LogP contribution in [0.1, 0.15) is 38.1 Å². The molecule has 0 unspecified atom stereocenters. The summed E-state index contributed by atoms with van der Waals surface area (Å²) in [5.74, 6) is -0.127. The number of nitrogens with one attached hydrogen (secondary N) is 1. The number of halogens is 1. The molecule has 0 aliphatic heterocycles. The van der Waals surface area contributed by atoms with E-state index in [4.69, 9.17) is 16.3 Å². The van der Waals surface area contributed by atoms with Crippen LogP contribution in [0.3, 0.4) is 0 Å². The van der Waals surface area contributed by atoms with E-state index in [9.17, 15) is 9.59 Å². The average Bonchev–Trinajstić information content (AvgIpc) is 3.54. The molecular formula is C23H17ClN4O3S2.